The number of nitrogens with zero attached hydrogens (tertiary/aromatic N) is 1. The molecular formula is C18H31NO. The number of ether oxygens (including phenoxy) is 1. The molecule has 0 heterocycles. The molecule has 1 rings (SSSR count). The minimum absolute atomic E-state index is 0.358. The molecular weight excluding hydrogens is 246 g/mol. The van der Waals surface area contributed by atoms with Gasteiger partial charge in [0, 0.05) is 31.8 Å². The molecule has 0 saturated heterocycles. The van der Waals surface area contributed by atoms with Gasteiger partial charge >= 0.3 is 0 Å². The highest BCUT2D eigenvalue weighted by Crippen LogP contribution is 2.23. The lowest BCUT2D eigenvalue weighted by molar-refractivity contribution is 0.0556. The van der Waals surface area contributed by atoms with Crippen LogP contribution in [0.4, 0.5) is 5.69 Å². The van der Waals surface area contributed by atoms with Gasteiger partial charge in [-0.3, -0.25) is 0 Å². The first-order valence-electron chi connectivity index (χ1n) is 8.21. The van der Waals surface area contributed by atoms with E-state index in [0.29, 0.717) is 6.10 Å². The highest BCUT2D eigenvalue weighted by atomic mass is 16.5. The van der Waals surface area contributed by atoms with Crippen LogP contribution >= 0.6 is 0 Å². The molecule has 0 bridgehead atoms. The first kappa shape index (κ1) is 17.0. The molecule has 0 amide bonds. The minimum Gasteiger partial charge on any atom is -0.378 e. The fraction of sp³-hybridized carbons (Fsp3) is 0.667. The van der Waals surface area contributed by atoms with E-state index in [-0.39, 0.29) is 0 Å². The second-order valence-electron chi connectivity index (χ2n) is 5.22. The Bertz CT molecular complexity index is 360. The molecule has 0 aromatic heterocycles. The Hall–Kier alpha value is -1.02. The van der Waals surface area contributed by atoms with Crippen LogP contribution in [0.25, 0.3) is 0 Å². The summed E-state index contributed by atoms with van der Waals surface area (Å²) in [6.45, 7) is 11.7. The maximum absolute atomic E-state index is 5.93. The van der Waals surface area contributed by atoms with E-state index in [1.807, 2.05) is 0 Å². The van der Waals surface area contributed by atoms with Crippen LogP contribution in [0.1, 0.15) is 52.5 Å². The summed E-state index contributed by atoms with van der Waals surface area (Å²) in [6.07, 6.45) is 5.04. The Morgan fingerprint density at radius 3 is 2.35 bits per heavy atom. The predicted molar refractivity (Wildman–Crippen MR) is 88.6 cm³/mol. The summed E-state index contributed by atoms with van der Waals surface area (Å²) in [5, 5.41) is 0. The fourth-order valence-electron chi connectivity index (χ4n) is 2.71. The van der Waals surface area contributed by atoms with Gasteiger partial charge in [0.25, 0.3) is 0 Å². The molecule has 1 aromatic carbocycles. The van der Waals surface area contributed by atoms with Crippen LogP contribution in [0.15, 0.2) is 24.3 Å². The number of anilines is 1. The number of rotatable bonds is 10. The molecule has 0 spiro atoms. The number of hydrogen-bond donors (Lipinski definition) is 0. The maximum Gasteiger partial charge on any atom is 0.0616 e. The van der Waals surface area contributed by atoms with E-state index >= 15 is 0 Å². The molecule has 2 nitrogen and oxygen atoms in total. The monoisotopic (exact) mass is 277 g/mol. The van der Waals surface area contributed by atoms with Crippen LogP contribution in [0.3, 0.4) is 0 Å². The van der Waals surface area contributed by atoms with Crippen molar-refractivity contribution >= 4 is 5.69 Å². The van der Waals surface area contributed by atoms with Crippen LogP contribution in [0, 0.1) is 0 Å². The lowest BCUT2D eigenvalue weighted by Crippen LogP contribution is -2.25. The van der Waals surface area contributed by atoms with Crippen molar-refractivity contribution in [3.63, 3.8) is 0 Å². The number of benzene rings is 1. The molecule has 0 aliphatic carbocycles. The van der Waals surface area contributed by atoms with Crippen molar-refractivity contribution in [2.45, 2.75) is 59.5 Å². The van der Waals surface area contributed by atoms with E-state index in [0.717, 1.165) is 32.5 Å². The van der Waals surface area contributed by atoms with E-state index in [2.05, 4.69) is 56.9 Å². The number of hydrogen-bond acceptors (Lipinski definition) is 2. The Morgan fingerprint density at radius 2 is 1.75 bits per heavy atom. The average molecular weight is 277 g/mol. The Balaban J connectivity index is 2.82. The summed E-state index contributed by atoms with van der Waals surface area (Å²) in [5.74, 6) is 0. The van der Waals surface area contributed by atoms with Crippen molar-refractivity contribution in [3.05, 3.63) is 29.8 Å². The van der Waals surface area contributed by atoms with Crippen LogP contribution in [0.5, 0.6) is 0 Å². The van der Waals surface area contributed by atoms with Gasteiger partial charge in [0.1, 0.15) is 0 Å². The molecule has 2 heteroatoms. The van der Waals surface area contributed by atoms with E-state index < -0.39 is 0 Å². The zero-order chi connectivity index (χ0) is 14.8. The first-order valence-corrected chi connectivity index (χ1v) is 8.21. The molecule has 0 N–H and O–H groups in total. The van der Waals surface area contributed by atoms with Crippen LogP contribution in [-0.2, 0) is 11.2 Å². The lowest BCUT2D eigenvalue weighted by Gasteiger charge is -2.26. The second-order valence-corrected chi connectivity index (χ2v) is 5.22. The maximum atomic E-state index is 5.93. The molecule has 0 aliphatic rings. The second kappa shape index (κ2) is 9.82. The topological polar surface area (TPSA) is 12.5 Å². The van der Waals surface area contributed by atoms with Crippen molar-refractivity contribution in [1.82, 2.24) is 0 Å². The average Bonchev–Trinajstić information content (AvgIpc) is 2.48. The van der Waals surface area contributed by atoms with E-state index in [1.165, 1.54) is 24.1 Å². The molecule has 20 heavy (non-hydrogen) atoms. The quantitative estimate of drug-likeness (QED) is 0.616. The van der Waals surface area contributed by atoms with Crippen LogP contribution in [0.2, 0.25) is 0 Å². The summed E-state index contributed by atoms with van der Waals surface area (Å²) in [6, 6.07) is 8.78. The summed E-state index contributed by atoms with van der Waals surface area (Å²) in [5.41, 5.74) is 2.80. The van der Waals surface area contributed by atoms with Crippen LogP contribution < -0.4 is 4.90 Å². The van der Waals surface area contributed by atoms with Crippen molar-refractivity contribution in [2.24, 2.45) is 0 Å². The number of para-hydroxylation sites is 1. The summed E-state index contributed by atoms with van der Waals surface area (Å²) in [7, 11) is 0. The number of unbranched alkanes of at least 4 members (excludes halogenated alkanes) is 1. The highest BCUT2D eigenvalue weighted by Gasteiger charge is 2.14. The fourth-order valence-corrected chi connectivity index (χ4v) is 2.71. The molecule has 1 atom stereocenters. The minimum atomic E-state index is 0.358. The predicted octanol–water partition coefficient (Wildman–Crippen LogP) is 4.67. The van der Waals surface area contributed by atoms with Gasteiger partial charge in [-0.15, -0.1) is 0 Å². The first-order chi connectivity index (χ1) is 9.76. The van der Waals surface area contributed by atoms with Crippen LogP contribution in [-0.4, -0.2) is 25.8 Å². The van der Waals surface area contributed by atoms with Crippen molar-refractivity contribution in [3.8, 4) is 0 Å². The smallest absolute Gasteiger partial charge is 0.0616 e. The van der Waals surface area contributed by atoms with Crippen molar-refractivity contribution in [2.75, 3.05) is 24.6 Å². The zero-order valence-corrected chi connectivity index (χ0v) is 13.7. The van der Waals surface area contributed by atoms with Gasteiger partial charge < -0.3 is 9.64 Å². The SMILES string of the molecule is CCCCC(Cc1ccccc1N(CC)CC)OCC. The summed E-state index contributed by atoms with van der Waals surface area (Å²) >= 11 is 0. The third-order valence-electron chi connectivity index (χ3n) is 3.83. The van der Waals surface area contributed by atoms with E-state index in [1.54, 1.807) is 0 Å². The molecule has 1 aromatic rings. The molecule has 0 radical (unpaired) electrons. The normalized spacial score (nSPS) is 12.4. The summed E-state index contributed by atoms with van der Waals surface area (Å²) in [4.78, 5) is 2.43. The van der Waals surface area contributed by atoms with Crippen molar-refractivity contribution in [1.29, 1.82) is 0 Å². The molecule has 0 aliphatic heterocycles. The molecule has 1 unspecified atom stereocenters. The zero-order valence-electron chi connectivity index (χ0n) is 13.7. The van der Waals surface area contributed by atoms with Gasteiger partial charge in [-0.1, -0.05) is 38.0 Å². The highest BCUT2D eigenvalue weighted by molar-refractivity contribution is 5.53. The molecule has 0 fully saturated rings. The third kappa shape index (κ3) is 5.16. The van der Waals surface area contributed by atoms with E-state index in [4.69, 9.17) is 4.74 Å². The van der Waals surface area contributed by atoms with E-state index in [9.17, 15) is 0 Å². The lowest BCUT2D eigenvalue weighted by atomic mass is 10.0. The molecule has 0 saturated carbocycles. The van der Waals surface area contributed by atoms with Gasteiger partial charge in [0.15, 0.2) is 0 Å². The largest absolute Gasteiger partial charge is 0.378 e. The Labute approximate surface area is 125 Å². The Morgan fingerprint density at radius 1 is 1.05 bits per heavy atom. The van der Waals surface area contributed by atoms with Gasteiger partial charge in [0.2, 0.25) is 0 Å². The summed E-state index contributed by atoms with van der Waals surface area (Å²) < 4.78 is 5.93. The van der Waals surface area contributed by atoms with Crippen molar-refractivity contribution < 1.29 is 4.74 Å². The standard InChI is InChI=1S/C18H31NO/c1-5-9-13-17(20-8-4)15-16-12-10-11-14-18(16)19(6-2)7-3/h10-12,14,17H,5-9,13,15H2,1-4H3. The third-order valence-corrected chi connectivity index (χ3v) is 3.83. The van der Waals surface area contributed by atoms with Gasteiger partial charge in [-0.25, -0.2) is 0 Å². The van der Waals surface area contributed by atoms with Gasteiger partial charge in [-0.05, 0) is 38.8 Å². The van der Waals surface area contributed by atoms with Gasteiger partial charge in [0.05, 0.1) is 6.10 Å². The Kier molecular flexibility index (Phi) is 8.36. The molecule has 114 valence electrons. The van der Waals surface area contributed by atoms with Gasteiger partial charge in [-0.2, -0.15) is 0 Å².